The number of carbonyl (C=O) groups is 1. The van der Waals surface area contributed by atoms with Crippen LogP contribution in [0.4, 0.5) is 11.5 Å². The van der Waals surface area contributed by atoms with Gasteiger partial charge >= 0.3 is 0 Å². The van der Waals surface area contributed by atoms with Gasteiger partial charge in [-0.1, -0.05) is 22.0 Å². The maximum absolute atomic E-state index is 12.2. The number of nitrogens with zero attached hydrogens (tertiary/aromatic N) is 3. The number of amides is 1. The summed E-state index contributed by atoms with van der Waals surface area (Å²) in [7, 11) is 2.14. The molecule has 0 unspecified atom stereocenters. The number of hydrogen-bond donors (Lipinski definition) is 1. The predicted octanol–water partition coefficient (Wildman–Crippen LogP) is 2.85. The van der Waals surface area contributed by atoms with E-state index in [0.717, 1.165) is 36.3 Å². The average molecular weight is 375 g/mol. The van der Waals surface area contributed by atoms with Crippen LogP contribution in [0.2, 0.25) is 0 Å². The number of piperazine rings is 1. The summed E-state index contributed by atoms with van der Waals surface area (Å²) in [4.78, 5) is 21.2. The summed E-state index contributed by atoms with van der Waals surface area (Å²) >= 11 is 3.37. The van der Waals surface area contributed by atoms with Crippen LogP contribution in [0.25, 0.3) is 0 Å². The molecule has 1 amide bonds. The SMILES string of the molecule is CN1CCN(c2ccc(NC(=O)c3cccc(Br)c3)nc2)CC1. The van der Waals surface area contributed by atoms with Crippen molar-refractivity contribution in [3.8, 4) is 0 Å². The molecule has 1 aliphatic rings. The Bertz CT molecular complexity index is 681. The third-order valence-corrected chi connectivity index (χ3v) is 4.44. The van der Waals surface area contributed by atoms with E-state index in [2.05, 4.69) is 43.1 Å². The molecule has 1 N–H and O–H groups in total. The molecule has 1 fully saturated rings. The zero-order valence-electron chi connectivity index (χ0n) is 13.0. The van der Waals surface area contributed by atoms with E-state index < -0.39 is 0 Å². The Hall–Kier alpha value is -1.92. The minimum absolute atomic E-state index is 0.161. The van der Waals surface area contributed by atoms with Crippen LogP contribution in [0.5, 0.6) is 0 Å². The van der Waals surface area contributed by atoms with Gasteiger partial charge in [0.15, 0.2) is 0 Å². The van der Waals surface area contributed by atoms with E-state index >= 15 is 0 Å². The number of likely N-dealkylation sites (N-methyl/N-ethyl adjacent to an activating group) is 1. The van der Waals surface area contributed by atoms with Crippen molar-refractivity contribution in [1.29, 1.82) is 0 Å². The first-order valence-corrected chi connectivity index (χ1v) is 8.37. The molecule has 2 heterocycles. The first kappa shape index (κ1) is 16.0. The van der Waals surface area contributed by atoms with Crippen LogP contribution < -0.4 is 10.2 Å². The third-order valence-electron chi connectivity index (χ3n) is 3.94. The van der Waals surface area contributed by atoms with Crippen molar-refractivity contribution in [2.24, 2.45) is 0 Å². The first-order chi connectivity index (χ1) is 11.1. The highest BCUT2D eigenvalue weighted by Gasteiger charge is 2.14. The lowest BCUT2D eigenvalue weighted by atomic mass is 10.2. The molecule has 1 aromatic heterocycles. The van der Waals surface area contributed by atoms with Gasteiger partial charge in [0.2, 0.25) is 0 Å². The summed E-state index contributed by atoms with van der Waals surface area (Å²) in [5.41, 5.74) is 1.70. The normalized spacial score (nSPS) is 15.5. The summed E-state index contributed by atoms with van der Waals surface area (Å²) in [5.74, 6) is 0.402. The van der Waals surface area contributed by atoms with E-state index in [9.17, 15) is 4.79 Å². The highest BCUT2D eigenvalue weighted by atomic mass is 79.9. The second-order valence-corrected chi connectivity index (χ2v) is 6.57. The Morgan fingerprint density at radius 1 is 1.17 bits per heavy atom. The molecular weight excluding hydrogens is 356 g/mol. The lowest BCUT2D eigenvalue weighted by Gasteiger charge is -2.33. The Kier molecular flexibility index (Phi) is 4.93. The van der Waals surface area contributed by atoms with Gasteiger partial charge in [-0.15, -0.1) is 0 Å². The van der Waals surface area contributed by atoms with Crippen molar-refractivity contribution in [3.05, 3.63) is 52.6 Å². The summed E-state index contributed by atoms with van der Waals surface area (Å²) in [6.07, 6.45) is 1.82. The maximum atomic E-state index is 12.2. The Morgan fingerprint density at radius 2 is 1.96 bits per heavy atom. The molecule has 0 atom stereocenters. The summed E-state index contributed by atoms with van der Waals surface area (Å²) in [6, 6.07) is 11.1. The van der Waals surface area contributed by atoms with Crippen LogP contribution in [-0.4, -0.2) is 49.0 Å². The summed E-state index contributed by atoms with van der Waals surface area (Å²) in [5, 5.41) is 2.82. The number of hydrogen-bond acceptors (Lipinski definition) is 4. The van der Waals surface area contributed by atoms with Gasteiger partial charge in [0.25, 0.3) is 5.91 Å². The number of nitrogens with one attached hydrogen (secondary N) is 1. The molecule has 5 nitrogen and oxygen atoms in total. The van der Waals surface area contributed by atoms with Crippen LogP contribution in [0.1, 0.15) is 10.4 Å². The molecule has 0 radical (unpaired) electrons. The van der Waals surface area contributed by atoms with Crippen molar-refractivity contribution < 1.29 is 4.79 Å². The Labute approximate surface area is 144 Å². The Balaban J connectivity index is 1.64. The Morgan fingerprint density at radius 3 is 2.61 bits per heavy atom. The van der Waals surface area contributed by atoms with Crippen LogP contribution >= 0.6 is 15.9 Å². The van der Waals surface area contributed by atoms with Gasteiger partial charge in [-0.05, 0) is 37.4 Å². The number of aromatic nitrogens is 1. The standard InChI is InChI=1S/C17H19BrN4O/c1-21-7-9-22(10-8-21)15-5-6-16(19-12-15)20-17(23)13-3-2-4-14(18)11-13/h2-6,11-12H,7-10H2,1H3,(H,19,20,23). The molecule has 0 saturated carbocycles. The predicted molar refractivity (Wildman–Crippen MR) is 96.0 cm³/mol. The molecule has 1 aromatic carbocycles. The number of anilines is 2. The van der Waals surface area contributed by atoms with Crippen LogP contribution in [0.15, 0.2) is 47.1 Å². The van der Waals surface area contributed by atoms with Gasteiger partial charge in [-0.2, -0.15) is 0 Å². The van der Waals surface area contributed by atoms with E-state index in [1.807, 2.05) is 30.5 Å². The molecule has 0 spiro atoms. The fourth-order valence-corrected chi connectivity index (χ4v) is 2.93. The van der Waals surface area contributed by atoms with E-state index in [-0.39, 0.29) is 5.91 Å². The van der Waals surface area contributed by atoms with Gasteiger partial charge in [-0.3, -0.25) is 4.79 Å². The maximum Gasteiger partial charge on any atom is 0.256 e. The fourth-order valence-electron chi connectivity index (χ4n) is 2.53. The quantitative estimate of drug-likeness (QED) is 0.897. The average Bonchev–Trinajstić information content (AvgIpc) is 2.56. The van der Waals surface area contributed by atoms with Crippen molar-refractivity contribution >= 4 is 33.3 Å². The topological polar surface area (TPSA) is 48.5 Å². The van der Waals surface area contributed by atoms with E-state index in [4.69, 9.17) is 0 Å². The lowest BCUT2D eigenvalue weighted by molar-refractivity contribution is 0.102. The molecule has 2 aromatic rings. The zero-order valence-corrected chi connectivity index (χ0v) is 14.6. The van der Waals surface area contributed by atoms with Crippen LogP contribution in [0.3, 0.4) is 0 Å². The number of pyridine rings is 1. The second-order valence-electron chi connectivity index (χ2n) is 5.66. The molecule has 0 aliphatic carbocycles. The highest BCUT2D eigenvalue weighted by molar-refractivity contribution is 9.10. The third kappa shape index (κ3) is 4.09. The van der Waals surface area contributed by atoms with Crippen molar-refractivity contribution in [1.82, 2.24) is 9.88 Å². The van der Waals surface area contributed by atoms with Gasteiger partial charge < -0.3 is 15.1 Å². The van der Waals surface area contributed by atoms with Crippen LogP contribution in [-0.2, 0) is 0 Å². The van der Waals surface area contributed by atoms with E-state index in [1.165, 1.54) is 0 Å². The second kappa shape index (κ2) is 7.10. The minimum Gasteiger partial charge on any atom is -0.368 e. The molecule has 6 heteroatoms. The fraction of sp³-hybridized carbons (Fsp3) is 0.294. The van der Waals surface area contributed by atoms with E-state index in [1.54, 1.807) is 12.1 Å². The number of rotatable bonds is 3. The summed E-state index contributed by atoms with van der Waals surface area (Å²) in [6.45, 7) is 4.12. The molecule has 1 aliphatic heterocycles. The monoisotopic (exact) mass is 374 g/mol. The van der Waals surface area contributed by atoms with Gasteiger partial charge in [-0.25, -0.2) is 4.98 Å². The van der Waals surface area contributed by atoms with Crippen molar-refractivity contribution in [2.75, 3.05) is 43.4 Å². The van der Waals surface area contributed by atoms with Gasteiger partial charge in [0.1, 0.15) is 5.82 Å². The molecular formula is C17H19BrN4O. The first-order valence-electron chi connectivity index (χ1n) is 7.58. The minimum atomic E-state index is -0.161. The summed E-state index contributed by atoms with van der Waals surface area (Å²) < 4.78 is 0.878. The number of halogens is 1. The molecule has 0 bridgehead atoms. The lowest BCUT2D eigenvalue weighted by Crippen LogP contribution is -2.44. The molecule has 1 saturated heterocycles. The van der Waals surface area contributed by atoms with Gasteiger partial charge in [0.05, 0.1) is 11.9 Å². The molecule has 3 rings (SSSR count). The van der Waals surface area contributed by atoms with Crippen LogP contribution in [0, 0.1) is 0 Å². The largest absolute Gasteiger partial charge is 0.368 e. The van der Waals surface area contributed by atoms with Gasteiger partial charge in [0, 0.05) is 36.2 Å². The van der Waals surface area contributed by atoms with Crippen molar-refractivity contribution in [2.45, 2.75) is 0 Å². The molecule has 23 heavy (non-hydrogen) atoms. The van der Waals surface area contributed by atoms with E-state index in [0.29, 0.717) is 11.4 Å². The number of benzene rings is 1. The molecule has 120 valence electrons. The smallest absolute Gasteiger partial charge is 0.256 e. The number of carbonyl (C=O) groups excluding carboxylic acids is 1. The highest BCUT2D eigenvalue weighted by Crippen LogP contribution is 2.18. The zero-order chi connectivity index (χ0) is 16.2. The van der Waals surface area contributed by atoms with Crippen molar-refractivity contribution in [3.63, 3.8) is 0 Å².